The summed E-state index contributed by atoms with van der Waals surface area (Å²) in [7, 11) is 4.42. The lowest BCUT2D eigenvalue weighted by Crippen LogP contribution is -2.44. The van der Waals surface area contributed by atoms with Crippen LogP contribution in [0.2, 0.25) is 0 Å². The van der Waals surface area contributed by atoms with Crippen LogP contribution in [0.4, 0.5) is 0 Å². The van der Waals surface area contributed by atoms with Crippen molar-refractivity contribution in [3.05, 3.63) is 0 Å². The highest BCUT2D eigenvalue weighted by Crippen LogP contribution is 2.14. The molecule has 0 aromatic rings. The van der Waals surface area contributed by atoms with E-state index in [1.165, 1.54) is 25.9 Å². The van der Waals surface area contributed by atoms with E-state index < -0.39 is 0 Å². The van der Waals surface area contributed by atoms with Crippen molar-refractivity contribution in [3.63, 3.8) is 0 Å². The van der Waals surface area contributed by atoms with Gasteiger partial charge in [-0.2, -0.15) is 0 Å². The fraction of sp³-hybridized carbons (Fsp3) is 1.00. The maximum Gasteiger partial charge on any atom is 0.0585 e. The first-order chi connectivity index (χ1) is 8.52. The molecule has 1 heterocycles. The third-order valence-corrected chi connectivity index (χ3v) is 3.93. The van der Waals surface area contributed by atoms with E-state index in [4.69, 9.17) is 0 Å². The lowest BCUT2D eigenvalue weighted by Gasteiger charge is -2.35. The minimum Gasteiger partial charge on any atom is -0.395 e. The number of aliphatic hydroxyl groups is 1. The molecule has 0 amide bonds. The lowest BCUT2D eigenvalue weighted by molar-refractivity contribution is 0.133. The summed E-state index contributed by atoms with van der Waals surface area (Å²) in [6.07, 6.45) is 3.57. The maximum atomic E-state index is 9.35. The normalized spacial score (nSPS) is 20.8. The van der Waals surface area contributed by atoms with Crippen LogP contribution in [0.5, 0.6) is 0 Å². The van der Waals surface area contributed by atoms with Crippen LogP contribution < -0.4 is 5.32 Å². The third kappa shape index (κ3) is 5.65. The highest BCUT2D eigenvalue weighted by molar-refractivity contribution is 4.78. The smallest absolute Gasteiger partial charge is 0.0585 e. The molecule has 1 unspecified atom stereocenters. The van der Waals surface area contributed by atoms with E-state index in [9.17, 15) is 5.11 Å². The van der Waals surface area contributed by atoms with Crippen LogP contribution in [-0.4, -0.2) is 73.4 Å². The molecule has 0 aromatic heterocycles. The predicted octanol–water partition coefficient (Wildman–Crippen LogP) is 0.761. The topological polar surface area (TPSA) is 38.7 Å². The Balaban J connectivity index is 2.24. The van der Waals surface area contributed by atoms with Gasteiger partial charge in [0, 0.05) is 18.1 Å². The van der Waals surface area contributed by atoms with Gasteiger partial charge in [-0.15, -0.1) is 0 Å². The van der Waals surface area contributed by atoms with E-state index in [2.05, 4.69) is 43.1 Å². The van der Waals surface area contributed by atoms with Crippen molar-refractivity contribution in [2.45, 2.75) is 51.2 Å². The van der Waals surface area contributed by atoms with Crippen molar-refractivity contribution in [2.24, 2.45) is 0 Å². The number of hydrogen-bond acceptors (Lipinski definition) is 4. The molecular formula is C14H31N3O. The van der Waals surface area contributed by atoms with Gasteiger partial charge >= 0.3 is 0 Å². The molecule has 1 fully saturated rings. The van der Waals surface area contributed by atoms with Gasteiger partial charge < -0.3 is 20.2 Å². The Labute approximate surface area is 112 Å². The Morgan fingerprint density at radius 1 is 1.33 bits per heavy atom. The van der Waals surface area contributed by atoms with Crippen molar-refractivity contribution >= 4 is 0 Å². The minimum absolute atomic E-state index is 0.235. The third-order valence-electron chi connectivity index (χ3n) is 3.93. The van der Waals surface area contributed by atoms with Crippen molar-refractivity contribution in [3.8, 4) is 0 Å². The first-order valence-corrected chi connectivity index (χ1v) is 7.28. The van der Waals surface area contributed by atoms with Crippen LogP contribution in [-0.2, 0) is 0 Å². The molecule has 1 rings (SSSR count). The lowest BCUT2D eigenvalue weighted by atomic mass is 10.0. The Bertz CT molecular complexity index is 215. The van der Waals surface area contributed by atoms with Gasteiger partial charge in [0.25, 0.3) is 0 Å². The molecule has 0 aromatic carbocycles. The zero-order valence-electron chi connectivity index (χ0n) is 12.5. The van der Waals surface area contributed by atoms with E-state index in [0.29, 0.717) is 6.04 Å². The molecule has 108 valence electrons. The van der Waals surface area contributed by atoms with Gasteiger partial charge in [0.05, 0.1) is 6.61 Å². The number of rotatable bonds is 7. The summed E-state index contributed by atoms with van der Waals surface area (Å²) < 4.78 is 0. The van der Waals surface area contributed by atoms with Gasteiger partial charge in [0.15, 0.2) is 0 Å². The Hall–Kier alpha value is -0.160. The molecule has 18 heavy (non-hydrogen) atoms. The highest BCUT2D eigenvalue weighted by Gasteiger charge is 2.21. The first kappa shape index (κ1) is 15.9. The molecule has 1 aliphatic heterocycles. The molecule has 1 atom stereocenters. The van der Waals surface area contributed by atoms with Crippen LogP contribution in [0.1, 0.15) is 33.1 Å². The second kappa shape index (κ2) is 8.10. The van der Waals surface area contributed by atoms with Crippen LogP contribution in [0, 0.1) is 0 Å². The molecule has 1 aliphatic rings. The van der Waals surface area contributed by atoms with Crippen LogP contribution >= 0.6 is 0 Å². The number of likely N-dealkylation sites (tertiary alicyclic amines) is 1. The molecule has 0 saturated carbocycles. The van der Waals surface area contributed by atoms with Gasteiger partial charge in [0.2, 0.25) is 0 Å². The molecule has 1 saturated heterocycles. The number of aliphatic hydroxyl groups excluding tert-OH is 1. The number of piperidine rings is 1. The summed E-state index contributed by atoms with van der Waals surface area (Å²) in [5.74, 6) is 0. The Morgan fingerprint density at radius 2 is 1.94 bits per heavy atom. The minimum atomic E-state index is 0.235. The van der Waals surface area contributed by atoms with Gasteiger partial charge in [-0.3, -0.25) is 0 Å². The molecule has 4 heteroatoms. The van der Waals surface area contributed by atoms with Crippen LogP contribution in [0.3, 0.4) is 0 Å². The van der Waals surface area contributed by atoms with Crippen LogP contribution in [0.15, 0.2) is 0 Å². The predicted molar refractivity (Wildman–Crippen MR) is 76.9 cm³/mol. The van der Waals surface area contributed by atoms with E-state index >= 15 is 0 Å². The van der Waals surface area contributed by atoms with Crippen molar-refractivity contribution < 1.29 is 5.11 Å². The van der Waals surface area contributed by atoms with E-state index in [-0.39, 0.29) is 12.6 Å². The average Bonchev–Trinajstić information content (AvgIpc) is 2.34. The number of hydrogen-bond donors (Lipinski definition) is 2. The van der Waals surface area contributed by atoms with Crippen molar-refractivity contribution in [2.75, 3.05) is 40.3 Å². The molecule has 0 aliphatic carbocycles. The summed E-state index contributed by atoms with van der Waals surface area (Å²) in [4.78, 5) is 4.87. The molecule has 4 nitrogen and oxygen atoms in total. The standard InChI is InChI=1S/C14H31N3O/c1-12(2)15-13(11-18)5-10-17(4)14-6-8-16(3)9-7-14/h12-15,18H,5-11H2,1-4H3. The molecule has 0 radical (unpaired) electrons. The first-order valence-electron chi connectivity index (χ1n) is 7.28. The summed E-state index contributed by atoms with van der Waals surface area (Å²) in [5, 5.41) is 12.8. The fourth-order valence-corrected chi connectivity index (χ4v) is 2.68. The highest BCUT2D eigenvalue weighted by atomic mass is 16.3. The number of nitrogens with zero attached hydrogens (tertiary/aromatic N) is 2. The second-order valence-corrected chi connectivity index (χ2v) is 6.00. The van der Waals surface area contributed by atoms with Crippen molar-refractivity contribution in [1.29, 1.82) is 0 Å². The second-order valence-electron chi connectivity index (χ2n) is 6.00. The average molecular weight is 257 g/mol. The van der Waals surface area contributed by atoms with E-state index in [1.54, 1.807) is 0 Å². The largest absolute Gasteiger partial charge is 0.395 e. The molecule has 2 N–H and O–H groups in total. The number of nitrogens with one attached hydrogen (secondary N) is 1. The SMILES string of the molecule is CC(C)NC(CO)CCN(C)C1CCN(C)CC1. The van der Waals surface area contributed by atoms with Gasteiger partial charge in [0.1, 0.15) is 0 Å². The van der Waals surface area contributed by atoms with Gasteiger partial charge in [-0.05, 0) is 53.0 Å². The van der Waals surface area contributed by atoms with Crippen LogP contribution in [0.25, 0.3) is 0 Å². The Morgan fingerprint density at radius 3 is 2.44 bits per heavy atom. The zero-order chi connectivity index (χ0) is 13.5. The molecule has 0 spiro atoms. The van der Waals surface area contributed by atoms with Gasteiger partial charge in [-0.1, -0.05) is 13.8 Å². The summed E-state index contributed by atoms with van der Waals surface area (Å²) in [6.45, 7) is 7.98. The summed E-state index contributed by atoms with van der Waals surface area (Å²) in [5.41, 5.74) is 0. The summed E-state index contributed by atoms with van der Waals surface area (Å²) in [6, 6.07) is 1.40. The fourth-order valence-electron chi connectivity index (χ4n) is 2.68. The molecule has 0 bridgehead atoms. The summed E-state index contributed by atoms with van der Waals surface area (Å²) >= 11 is 0. The van der Waals surface area contributed by atoms with E-state index in [0.717, 1.165) is 19.0 Å². The van der Waals surface area contributed by atoms with Crippen molar-refractivity contribution in [1.82, 2.24) is 15.1 Å². The monoisotopic (exact) mass is 257 g/mol. The van der Waals surface area contributed by atoms with E-state index in [1.807, 2.05) is 0 Å². The quantitative estimate of drug-likeness (QED) is 0.706. The van der Waals surface area contributed by atoms with Gasteiger partial charge in [-0.25, -0.2) is 0 Å². The zero-order valence-corrected chi connectivity index (χ0v) is 12.5. The maximum absolute atomic E-state index is 9.35. The molecular weight excluding hydrogens is 226 g/mol. The Kier molecular flexibility index (Phi) is 7.15.